The highest BCUT2D eigenvalue weighted by molar-refractivity contribution is 5.29. The maximum absolute atomic E-state index is 3.68. The molecule has 2 rings (SSSR count). The second-order valence-corrected chi connectivity index (χ2v) is 5.63. The summed E-state index contributed by atoms with van der Waals surface area (Å²) in [4.78, 5) is 0. The van der Waals surface area contributed by atoms with Crippen LogP contribution in [0.5, 0.6) is 0 Å². The molecule has 0 spiro atoms. The molecule has 1 saturated carbocycles. The van der Waals surface area contributed by atoms with Gasteiger partial charge in [-0.25, -0.2) is 0 Å². The van der Waals surface area contributed by atoms with Crippen molar-refractivity contribution in [3.8, 4) is 0 Å². The van der Waals surface area contributed by atoms with E-state index < -0.39 is 0 Å². The van der Waals surface area contributed by atoms with Crippen LogP contribution >= 0.6 is 0 Å². The van der Waals surface area contributed by atoms with Gasteiger partial charge in [0, 0.05) is 6.04 Å². The van der Waals surface area contributed by atoms with E-state index in [9.17, 15) is 0 Å². The second-order valence-electron chi connectivity index (χ2n) is 5.63. The fourth-order valence-electron chi connectivity index (χ4n) is 3.34. The van der Waals surface area contributed by atoms with E-state index in [0.717, 1.165) is 24.3 Å². The Labute approximate surface area is 106 Å². The first kappa shape index (κ1) is 12.6. The van der Waals surface area contributed by atoms with Crippen LogP contribution in [-0.2, 0) is 0 Å². The van der Waals surface area contributed by atoms with Gasteiger partial charge >= 0.3 is 0 Å². The number of nitrogens with one attached hydrogen (secondary N) is 1. The first-order valence-electron chi connectivity index (χ1n) is 6.95. The number of rotatable bonds is 4. The molecular formula is C16H25N. The minimum Gasteiger partial charge on any atom is -0.313 e. The molecule has 1 heteroatoms. The summed E-state index contributed by atoms with van der Waals surface area (Å²) < 4.78 is 0. The molecule has 0 heterocycles. The second kappa shape index (κ2) is 5.22. The van der Waals surface area contributed by atoms with Gasteiger partial charge in [-0.15, -0.1) is 0 Å². The van der Waals surface area contributed by atoms with Gasteiger partial charge in [-0.1, -0.05) is 50.6 Å². The molecule has 1 aliphatic carbocycles. The van der Waals surface area contributed by atoms with Gasteiger partial charge in [0.1, 0.15) is 0 Å². The van der Waals surface area contributed by atoms with Crippen LogP contribution in [0.1, 0.15) is 44.2 Å². The van der Waals surface area contributed by atoms with E-state index in [0.29, 0.717) is 6.04 Å². The van der Waals surface area contributed by atoms with E-state index in [-0.39, 0.29) is 0 Å². The summed E-state index contributed by atoms with van der Waals surface area (Å²) in [6.07, 6.45) is 1.23. The van der Waals surface area contributed by atoms with Crippen LogP contribution in [0.2, 0.25) is 0 Å². The zero-order chi connectivity index (χ0) is 12.4. The molecule has 0 saturated heterocycles. The van der Waals surface area contributed by atoms with E-state index in [1.54, 1.807) is 0 Å². The Morgan fingerprint density at radius 1 is 1.06 bits per heavy atom. The van der Waals surface area contributed by atoms with Crippen molar-refractivity contribution in [3.05, 3.63) is 35.4 Å². The minimum absolute atomic E-state index is 0.709. The predicted molar refractivity (Wildman–Crippen MR) is 74.3 cm³/mol. The molecular weight excluding hydrogens is 206 g/mol. The van der Waals surface area contributed by atoms with Crippen LogP contribution in [0.25, 0.3) is 0 Å². The Balaban J connectivity index is 2.02. The zero-order valence-electron chi connectivity index (χ0n) is 11.5. The summed E-state index contributed by atoms with van der Waals surface area (Å²) >= 11 is 0. The van der Waals surface area contributed by atoms with Crippen molar-refractivity contribution in [2.45, 2.75) is 46.1 Å². The van der Waals surface area contributed by atoms with Crippen LogP contribution in [0.4, 0.5) is 0 Å². The van der Waals surface area contributed by atoms with Crippen LogP contribution in [0.3, 0.4) is 0 Å². The normalized spacial score (nSPS) is 32.2. The van der Waals surface area contributed by atoms with Crippen molar-refractivity contribution in [2.24, 2.45) is 11.8 Å². The summed E-state index contributed by atoms with van der Waals surface area (Å²) in [5, 5.41) is 3.68. The first-order valence-corrected chi connectivity index (χ1v) is 6.95. The molecule has 0 aliphatic heterocycles. The molecule has 1 N–H and O–H groups in total. The maximum atomic E-state index is 3.68. The largest absolute Gasteiger partial charge is 0.313 e. The molecule has 94 valence electrons. The van der Waals surface area contributed by atoms with Gasteiger partial charge in [-0.05, 0) is 43.2 Å². The lowest BCUT2D eigenvalue weighted by Crippen LogP contribution is -2.55. The van der Waals surface area contributed by atoms with Crippen molar-refractivity contribution in [1.29, 1.82) is 0 Å². The highest BCUT2D eigenvalue weighted by Gasteiger charge is 2.44. The topological polar surface area (TPSA) is 12.0 Å². The maximum Gasteiger partial charge on any atom is 0.0130 e. The summed E-state index contributed by atoms with van der Waals surface area (Å²) in [6, 6.07) is 9.80. The Hall–Kier alpha value is -0.820. The highest BCUT2D eigenvalue weighted by atomic mass is 15.0. The third-order valence-corrected chi connectivity index (χ3v) is 4.36. The number of hydrogen-bond donors (Lipinski definition) is 1. The third kappa shape index (κ3) is 2.40. The van der Waals surface area contributed by atoms with Gasteiger partial charge in [0.25, 0.3) is 0 Å². The Bertz CT molecular complexity index is 344. The van der Waals surface area contributed by atoms with E-state index in [2.05, 4.69) is 57.3 Å². The molecule has 0 aromatic heterocycles. The molecule has 17 heavy (non-hydrogen) atoms. The standard InChI is InChI=1S/C16H25N/c1-5-10-17-16-12(3)15(13(16)4)14-8-6-11(2)7-9-14/h6-9,12-13,15-17H,5,10H2,1-4H3. The van der Waals surface area contributed by atoms with Gasteiger partial charge < -0.3 is 5.32 Å². The molecule has 2 unspecified atom stereocenters. The van der Waals surface area contributed by atoms with Gasteiger partial charge in [0.2, 0.25) is 0 Å². The smallest absolute Gasteiger partial charge is 0.0130 e. The fourth-order valence-corrected chi connectivity index (χ4v) is 3.34. The van der Waals surface area contributed by atoms with Crippen molar-refractivity contribution < 1.29 is 0 Å². The third-order valence-electron chi connectivity index (χ3n) is 4.36. The summed E-state index contributed by atoms with van der Waals surface area (Å²) in [5.41, 5.74) is 2.87. The van der Waals surface area contributed by atoms with Crippen molar-refractivity contribution in [3.63, 3.8) is 0 Å². The van der Waals surface area contributed by atoms with E-state index >= 15 is 0 Å². The lowest BCUT2D eigenvalue weighted by molar-refractivity contribution is 0.0968. The molecule has 0 amide bonds. The van der Waals surface area contributed by atoms with Crippen molar-refractivity contribution >= 4 is 0 Å². The lowest BCUT2D eigenvalue weighted by atomic mass is 9.59. The van der Waals surface area contributed by atoms with E-state index in [1.807, 2.05) is 0 Å². The zero-order valence-corrected chi connectivity index (χ0v) is 11.5. The summed E-state index contributed by atoms with van der Waals surface area (Å²) in [7, 11) is 0. The quantitative estimate of drug-likeness (QED) is 0.832. The van der Waals surface area contributed by atoms with Crippen molar-refractivity contribution in [1.82, 2.24) is 5.32 Å². The van der Waals surface area contributed by atoms with E-state index in [4.69, 9.17) is 0 Å². The Morgan fingerprint density at radius 2 is 1.65 bits per heavy atom. The lowest BCUT2D eigenvalue weighted by Gasteiger charge is -2.50. The number of hydrogen-bond acceptors (Lipinski definition) is 1. The predicted octanol–water partition coefficient (Wildman–Crippen LogP) is 3.73. The summed E-state index contributed by atoms with van der Waals surface area (Å²) in [6.45, 7) is 10.3. The molecule has 1 aliphatic rings. The van der Waals surface area contributed by atoms with E-state index in [1.165, 1.54) is 17.5 Å². The van der Waals surface area contributed by atoms with Crippen LogP contribution < -0.4 is 5.32 Å². The molecule has 1 fully saturated rings. The molecule has 1 aromatic carbocycles. The summed E-state index contributed by atoms with van der Waals surface area (Å²) in [5.74, 6) is 2.27. The fraction of sp³-hybridized carbons (Fsp3) is 0.625. The molecule has 2 atom stereocenters. The van der Waals surface area contributed by atoms with Crippen LogP contribution in [0, 0.1) is 18.8 Å². The molecule has 1 aromatic rings. The molecule has 0 radical (unpaired) electrons. The van der Waals surface area contributed by atoms with Gasteiger partial charge in [0.15, 0.2) is 0 Å². The van der Waals surface area contributed by atoms with Gasteiger partial charge in [-0.2, -0.15) is 0 Å². The first-order chi connectivity index (χ1) is 8.15. The monoisotopic (exact) mass is 231 g/mol. The highest BCUT2D eigenvalue weighted by Crippen LogP contribution is 2.47. The Morgan fingerprint density at radius 3 is 2.18 bits per heavy atom. The van der Waals surface area contributed by atoms with Gasteiger partial charge in [-0.3, -0.25) is 0 Å². The average molecular weight is 231 g/mol. The molecule has 0 bridgehead atoms. The van der Waals surface area contributed by atoms with Gasteiger partial charge in [0.05, 0.1) is 0 Å². The average Bonchev–Trinajstić information content (AvgIpc) is 2.33. The van der Waals surface area contributed by atoms with Crippen molar-refractivity contribution in [2.75, 3.05) is 6.54 Å². The number of aryl methyl sites for hydroxylation is 1. The van der Waals surface area contributed by atoms with Crippen LogP contribution in [0.15, 0.2) is 24.3 Å². The minimum atomic E-state index is 0.709. The SMILES string of the molecule is CCCNC1C(C)C(c2ccc(C)cc2)C1C. The number of benzene rings is 1. The van der Waals surface area contributed by atoms with Crippen LogP contribution in [-0.4, -0.2) is 12.6 Å². The Kier molecular flexibility index (Phi) is 3.88. The molecule has 1 nitrogen and oxygen atoms in total.